The molecule has 0 radical (unpaired) electrons. The van der Waals surface area contributed by atoms with Crippen LogP contribution in [0, 0.1) is 0 Å². The van der Waals surface area contributed by atoms with Crippen molar-refractivity contribution in [1.29, 1.82) is 0 Å². The number of piperazine rings is 1. The Morgan fingerprint density at radius 3 is 2.53 bits per heavy atom. The van der Waals surface area contributed by atoms with Crippen LogP contribution in [0.15, 0.2) is 61.2 Å². The van der Waals surface area contributed by atoms with Crippen LogP contribution in [0.25, 0.3) is 0 Å². The normalized spacial score (nSPS) is 22.3. The van der Waals surface area contributed by atoms with Gasteiger partial charge in [0.05, 0.1) is 6.04 Å². The predicted molar refractivity (Wildman–Crippen MR) is 131 cm³/mol. The lowest BCUT2D eigenvalue weighted by molar-refractivity contribution is 0.0305. The molecular formula is C27H37N3O2. The SMILES string of the molecule is C=CC[C@@]1(C)CN[C@H](C)CN1[C@H](c1ccc(C(=O)N(CC)CC)cc1)c1cccc(O)c1. The number of nitrogens with one attached hydrogen (secondary N) is 1. The molecular weight excluding hydrogens is 398 g/mol. The van der Waals surface area contributed by atoms with Gasteiger partial charge in [0.25, 0.3) is 5.91 Å². The van der Waals surface area contributed by atoms with Gasteiger partial charge in [-0.05, 0) is 69.5 Å². The van der Waals surface area contributed by atoms with Crippen molar-refractivity contribution < 1.29 is 9.90 Å². The van der Waals surface area contributed by atoms with E-state index >= 15 is 0 Å². The van der Waals surface area contributed by atoms with E-state index in [1.54, 1.807) is 6.07 Å². The number of carbonyl (C=O) groups excluding carboxylic acids is 1. The molecule has 2 N–H and O–H groups in total. The van der Waals surface area contributed by atoms with E-state index in [1.807, 2.05) is 49.1 Å². The van der Waals surface area contributed by atoms with Crippen molar-refractivity contribution in [2.75, 3.05) is 26.2 Å². The number of nitrogens with zero attached hydrogens (tertiary/aromatic N) is 2. The van der Waals surface area contributed by atoms with E-state index in [0.717, 1.165) is 30.6 Å². The largest absolute Gasteiger partial charge is 0.508 e. The second-order valence-corrected chi connectivity index (χ2v) is 9.02. The monoisotopic (exact) mass is 435 g/mol. The Bertz CT molecular complexity index is 923. The van der Waals surface area contributed by atoms with Gasteiger partial charge in [0, 0.05) is 43.3 Å². The Kier molecular flexibility index (Phi) is 7.75. The van der Waals surface area contributed by atoms with Gasteiger partial charge in [-0.3, -0.25) is 9.69 Å². The molecule has 32 heavy (non-hydrogen) atoms. The third kappa shape index (κ3) is 5.05. The average Bonchev–Trinajstić information content (AvgIpc) is 2.78. The number of phenolic OH excluding ortho intramolecular Hbond substituents is 1. The van der Waals surface area contributed by atoms with Crippen LogP contribution in [0.1, 0.15) is 61.6 Å². The highest BCUT2D eigenvalue weighted by Gasteiger charge is 2.40. The maximum absolute atomic E-state index is 12.8. The number of hydrogen-bond donors (Lipinski definition) is 2. The standard InChI is InChI=1S/C27H37N3O2/c1-6-16-27(5)19-28-20(4)18-30(27)25(23-10-9-11-24(31)17-23)21-12-14-22(15-13-21)26(32)29(7-2)8-3/h6,9-15,17,20,25,28,31H,1,7-8,16,18-19H2,2-5H3/t20-,25-,27+/m1/s1. The van der Waals surface area contributed by atoms with Gasteiger partial charge in [0.1, 0.15) is 5.75 Å². The van der Waals surface area contributed by atoms with Gasteiger partial charge in [-0.25, -0.2) is 0 Å². The molecule has 1 amide bonds. The van der Waals surface area contributed by atoms with Gasteiger partial charge >= 0.3 is 0 Å². The van der Waals surface area contributed by atoms with Crippen molar-refractivity contribution >= 4 is 5.91 Å². The summed E-state index contributed by atoms with van der Waals surface area (Å²) >= 11 is 0. The zero-order chi connectivity index (χ0) is 23.3. The quantitative estimate of drug-likeness (QED) is 0.596. The van der Waals surface area contributed by atoms with Crippen molar-refractivity contribution in [1.82, 2.24) is 15.1 Å². The summed E-state index contributed by atoms with van der Waals surface area (Å²) in [5, 5.41) is 13.8. The molecule has 0 bridgehead atoms. The molecule has 1 saturated heterocycles. The molecule has 5 nitrogen and oxygen atoms in total. The Labute approximate surface area is 192 Å². The van der Waals surface area contributed by atoms with Crippen molar-refractivity contribution in [2.24, 2.45) is 0 Å². The second kappa shape index (κ2) is 10.3. The first-order valence-electron chi connectivity index (χ1n) is 11.6. The molecule has 2 aromatic carbocycles. The Hall–Kier alpha value is -2.63. The summed E-state index contributed by atoms with van der Waals surface area (Å²) in [4.78, 5) is 17.2. The smallest absolute Gasteiger partial charge is 0.253 e. The van der Waals surface area contributed by atoms with Gasteiger partial charge in [-0.15, -0.1) is 6.58 Å². The summed E-state index contributed by atoms with van der Waals surface area (Å²) in [6, 6.07) is 15.8. The van der Waals surface area contributed by atoms with E-state index in [4.69, 9.17) is 0 Å². The van der Waals surface area contributed by atoms with Crippen LogP contribution in [0.3, 0.4) is 0 Å². The number of amides is 1. The highest BCUT2D eigenvalue weighted by atomic mass is 16.3. The lowest BCUT2D eigenvalue weighted by Gasteiger charge is -2.51. The van der Waals surface area contributed by atoms with Crippen LogP contribution in [0.5, 0.6) is 5.75 Å². The topological polar surface area (TPSA) is 55.8 Å². The lowest BCUT2D eigenvalue weighted by atomic mass is 9.85. The Balaban J connectivity index is 2.06. The molecule has 3 atom stereocenters. The molecule has 0 saturated carbocycles. The van der Waals surface area contributed by atoms with Crippen LogP contribution in [-0.4, -0.2) is 58.6 Å². The summed E-state index contributed by atoms with van der Waals surface area (Å²) < 4.78 is 0. The lowest BCUT2D eigenvalue weighted by Crippen LogP contribution is -2.63. The summed E-state index contributed by atoms with van der Waals surface area (Å²) in [6.45, 7) is 15.6. The van der Waals surface area contributed by atoms with Crippen molar-refractivity contribution in [2.45, 2.75) is 51.7 Å². The van der Waals surface area contributed by atoms with Crippen molar-refractivity contribution in [3.63, 3.8) is 0 Å². The molecule has 5 heteroatoms. The first kappa shape index (κ1) is 24.0. The van der Waals surface area contributed by atoms with E-state index in [9.17, 15) is 9.90 Å². The van der Waals surface area contributed by atoms with Crippen LogP contribution in [0.4, 0.5) is 0 Å². The number of rotatable bonds is 8. The molecule has 2 aromatic rings. The first-order valence-corrected chi connectivity index (χ1v) is 11.6. The zero-order valence-corrected chi connectivity index (χ0v) is 19.8. The van der Waals surface area contributed by atoms with Crippen LogP contribution in [0.2, 0.25) is 0 Å². The maximum atomic E-state index is 12.8. The van der Waals surface area contributed by atoms with Crippen molar-refractivity contribution in [3.05, 3.63) is 77.9 Å². The predicted octanol–water partition coefficient (Wildman–Crippen LogP) is 4.59. The fourth-order valence-corrected chi connectivity index (χ4v) is 4.74. The van der Waals surface area contributed by atoms with Gasteiger partial charge in [-0.2, -0.15) is 0 Å². The number of aromatic hydroxyl groups is 1. The minimum absolute atomic E-state index is 0.0470. The highest BCUT2D eigenvalue weighted by molar-refractivity contribution is 5.94. The van der Waals surface area contributed by atoms with E-state index in [-0.39, 0.29) is 23.2 Å². The van der Waals surface area contributed by atoms with Crippen LogP contribution in [-0.2, 0) is 0 Å². The minimum atomic E-state index is -0.125. The molecule has 1 aliphatic heterocycles. The minimum Gasteiger partial charge on any atom is -0.508 e. The summed E-state index contributed by atoms with van der Waals surface area (Å²) in [5.41, 5.74) is 2.73. The third-order valence-electron chi connectivity index (χ3n) is 6.60. The molecule has 1 aliphatic rings. The fraction of sp³-hybridized carbons (Fsp3) is 0.444. The highest BCUT2D eigenvalue weighted by Crippen LogP contribution is 2.38. The number of phenols is 1. The van der Waals surface area contributed by atoms with Gasteiger partial charge in [0.2, 0.25) is 0 Å². The van der Waals surface area contributed by atoms with Crippen molar-refractivity contribution in [3.8, 4) is 5.75 Å². The van der Waals surface area contributed by atoms with E-state index < -0.39 is 0 Å². The third-order valence-corrected chi connectivity index (χ3v) is 6.60. The number of carbonyl (C=O) groups is 1. The van der Waals surface area contributed by atoms with Gasteiger partial charge in [0.15, 0.2) is 0 Å². The maximum Gasteiger partial charge on any atom is 0.253 e. The van der Waals surface area contributed by atoms with E-state index in [1.165, 1.54) is 0 Å². The molecule has 1 fully saturated rings. The first-order chi connectivity index (χ1) is 15.3. The van der Waals surface area contributed by atoms with Crippen LogP contribution < -0.4 is 5.32 Å². The molecule has 0 unspecified atom stereocenters. The fourth-order valence-electron chi connectivity index (χ4n) is 4.74. The Morgan fingerprint density at radius 2 is 1.94 bits per heavy atom. The molecule has 0 spiro atoms. The zero-order valence-electron chi connectivity index (χ0n) is 19.8. The summed E-state index contributed by atoms with van der Waals surface area (Å²) in [6.07, 6.45) is 2.83. The summed E-state index contributed by atoms with van der Waals surface area (Å²) in [7, 11) is 0. The average molecular weight is 436 g/mol. The number of benzene rings is 2. The molecule has 0 aromatic heterocycles. The summed E-state index contributed by atoms with van der Waals surface area (Å²) in [5.74, 6) is 0.317. The molecule has 1 heterocycles. The second-order valence-electron chi connectivity index (χ2n) is 9.02. The van der Waals surface area contributed by atoms with Gasteiger partial charge in [-0.1, -0.05) is 30.3 Å². The Morgan fingerprint density at radius 1 is 1.25 bits per heavy atom. The van der Waals surface area contributed by atoms with Crippen LogP contribution >= 0.6 is 0 Å². The number of hydrogen-bond acceptors (Lipinski definition) is 4. The molecule has 3 rings (SSSR count). The molecule has 172 valence electrons. The van der Waals surface area contributed by atoms with E-state index in [0.29, 0.717) is 24.7 Å². The van der Waals surface area contributed by atoms with E-state index in [2.05, 4.69) is 48.8 Å². The van der Waals surface area contributed by atoms with Gasteiger partial charge < -0.3 is 15.3 Å². The molecule has 0 aliphatic carbocycles.